The lowest BCUT2D eigenvalue weighted by molar-refractivity contribution is -0.190. The average molecular weight is 460 g/mol. The number of aliphatic hydroxyl groups is 2. The molecule has 3 aliphatic heterocycles. The number of carboxylic acid groups (broad SMARTS) is 2. The van der Waals surface area contributed by atoms with Crippen LogP contribution in [0.3, 0.4) is 0 Å². The van der Waals surface area contributed by atoms with E-state index in [9.17, 15) is 19.8 Å². The van der Waals surface area contributed by atoms with E-state index < -0.39 is 48.9 Å². The van der Waals surface area contributed by atoms with E-state index in [0.717, 1.165) is 9.81 Å². The van der Waals surface area contributed by atoms with Crippen molar-refractivity contribution in [2.24, 2.45) is 0 Å². The molecule has 0 aromatic rings. The molecule has 0 radical (unpaired) electrons. The van der Waals surface area contributed by atoms with Crippen molar-refractivity contribution in [3.05, 3.63) is 46.3 Å². The van der Waals surface area contributed by atoms with Gasteiger partial charge in [0.05, 0.1) is 13.2 Å². The zero-order chi connectivity index (χ0) is 21.7. The molecule has 0 bridgehead atoms. The first kappa shape index (κ1) is 23.0. The SMILES string of the molecule is O=C(O)[C@H]1O[C@H](OCC2=CC=C(CO[C@@H]3C=C[C@H](O)[C@@H](C(=O)O)O3)SS2)C=C[C@@H]1O. The maximum atomic E-state index is 11.0. The predicted octanol–water partition coefficient (Wildman–Crippen LogP) is 0.636. The molecule has 164 valence electrons. The van der Waals surface area contributed by atoms with Crippen molar-refractivity contribution in [3.63, 3.8) is 0 Å². The van der Waals surface area contributed by atoms with Gasteiger partial charge in [0.2, 0.25) is 0 Å². The van der Waals surface area contributed by atoms with Gasteiger partial charge in [-0.15, -0.1) is 0 Å². The third-order valence-electron chi connectivity index (χ3n) is 4.09. The van der Waals surface area contributed by atoms with Gasteiger partial charge in [0.1, 0.15) is 12.2 Å². The summed E-state index contributed by atoms with van der Waals surface area (Å²) in [6.45, 7) is 0.374. The Morgan fingerprint density at radius 1 is 0.800 bits per heavy atom. The van der Waals surface area contributed by atoms with Gasteiger partial charge < -0.3 is 39.4 Å². The van der Waals surface area contributed by atoms with Crippen LogP contribution in [0.5, 0.6) is 0 Å². The molecule has 0 aromatic carbocycles. The fraction of sp³-hybridized carbons (Fsp3) is 0.444. The molecule has 0 saturated heterocycles. The van der Waals surface area contributed by atoms with Gasteiger partial charge in [-0.05, 0) is 24.3 Å². The van der Waals surface area contributed by atoms with Crippen LogP contribution in [0.1, 0.15) is 0 Å². The molecule has 10 nitrogen and oxygen atoms in total. The number of ether oxygens (including phenoxy) is 4. The van der Waals surface area contributed by atoms with Gasteiger partial charge in [0.15, 0.2) is 24.8 Å². The fourth-order valence-corrected chi connectivity index (χ4v) is 4.53. The third kappa shape index (κ3) is 6.18. The summed E-state index contributed by atoms with van der Waals surface area (Å²) in [6.07, 6.45) is 2.28. The lowest BCUT2D eigenvalue weighted by Gasteiger charge is -2.27. The van der Waals surface area contributed by atoms with Crippen molar-refractivity contribution in [1.29, 1.82) is 0 Å². The maximum absolute atomic E-state index is 11.0. The molecule has 3 heterocycles. The highest BCUT2D eigenvalue weighted by molar-refractivity contribution is 8.79. The molecular formula is C18H20O10S2. The Morgan fingerprint density at radius 3 is 1.53 bits per heavy atom. The summed E-state index contributed by atoms with van der Waals surface area (Å²) in [4.78, 5) is 23.8. The molecule has 3 rings (SSSR count). The van der Waals surface area contributed by atoms with Crippen LogP contribution in [-0.2, 0) is 28.5 Å². The Balaban J connectivity index is 1.44. The van der Waals surface area contributed by atoms with Crippen LogP contribution in [0.2, 0.25) is 0 Å². The second kappa shape index (κ2) is 10.6. The van der Waals surface area contributed by atoms with Gasteiger partial charge in [-0.1, -0.05) is 33.7 Å². The Bertz CT molecular complexity index is 713. The molecule has 0 saturated carbocycles. The summed E-state index contributed by atoms with van der Waals surface area (Å²) < 4.78 is 21.4. The minimum atomic E-state index is -1.37. The molecule has 4 N–H and O–H groups in total. The first-order valence-electron chi connectivity index (χ1n) is 8.80. The number of hydrogen-bond acceptors (Lipinski definition) is 10. The average Bonchev–Trinajstić information content (AvgIpc) is 2.73. The molecule has 6 atom stereocenters. The summed E-state index contributed by atoms with van der Waals surface area (Å²) in [5.41, 5.74) is 0. The van der Waals surface area contributed by atoms with Crippen molar-refractivity contribution >= 4 is 33.5 Å². The standard InChI is InChI=1S/C18H20O10S2/c19-11-3-5-13(27-15(11)17(21)22)25-7-9-1-2-10(30-29-9)8-26-14-6-4-12(20)16(28-14)18(23)24/h1-6,11-16,19-20H,7-8H2,(H,21,22)(H,23,24)/t11-,12-,13-,14-,15-,16-/m0/s1. The van der Waals surface area contributed by atoms with Gasteiger partial charge in [0, 0.05) is 9.81 Å². The molecule has 0 fully saturated rings. The quantitative estimate of drug-likeness (QED) is 0.297. The zero-order valence-electron chi connectivity index (χ0n) is 15.4. The van der Waals surface area contributed by atoms with Gasteiger partial charge in [-0.25, -0.2) is 9.59 Å². The lowest BCUT2D eigenvalue weighted by atomic mass is 10.1. The van der Waals surface area contributed by atoms with Crippen molar-refractivity contribution < 1.29 is 49.0 Å². The normalized spacial score (nSPS) is 33.7. The third-order valence-corrected chi connectivity index (χ3v) is 6.64. The van der Waals surface area contributed by atoms with Gasteiger partial charge >= 0.3 is 11.9 Å². The predicted molar refractivity (Wildman–Crippen MR) is 106 cm³/mol. The Labute approximate surface area is 179 Å². The first-order valence-corrected chi connectivity index (χ1v) is 10.9. The summed E-state index contributed by atoms with van der Waals surface area (Å²) in [7, 11) is 2.85. The van der Waals surface area contributed by atoms with E-state index in [0.29, 0.717) is 0 Å². The van der Waals surface area contributed by atoms with Gasteiger partial charge in [0.25, 0.3) is 0 Å². The summed E-state index contributed by atoms with van der Waals surface area (Å²) in [6, 6.07) is 0. The number of aliphatic hydroxyl groups excluding tert-OH is 2. The van der Waals surface area contributed by atoms with Crippen molar-refractivity contribution in [2.45, 2.75) is 37.0 Å². The molecule has 3 aliphatic rings. The van der Waals surface area contributed by atoms with E-state index >= 15 is 0 Å². The van der Waals surface area contributed by atoms with Crippen LogP contribution in [0, 0.1) is 0 Å². The molecule has 30 heavy (non-hydrogen) atoms. The van der Waals surface area contributed by atoms with E-state index in [1.807, 2.05) is 12.2 Å². The van der Waals surface area contributed by atoms with Crippen LogP contribution in [-0.4, -0.2) is 82.6 Å². The minimum Gasteiger partial charge on any atom is -0.479 e. The van der Waals surface area contributed by atoms with Crippen LogP contribution in [0.25, 0.3) is 0 Å². The Morgan fingerprint density at radius 2 is 1.20 bits per heavy atom. The largest absolute Gasteiger partial charge is 0.479 e. The van der Waals surface area contributed by atoms with Crippen LogP contribution >= 0.6 is 21.6 Å². The number of carbonyl (C=O) groups is 2. The number of allylic oxidation sites excluding steroid dienone is 2. The molecule has 0 aromatic heterocycles. The van der Waals surface area contributed by atoms with Crippen molar-refractivity contribution in [3.8, 4) is 0 Å². The fourth-order valence-electron chi connectivity index (χ4n) is 2.57. The number of rotatable bonds is 8. The highest BCUT2D eigenvalue weighted by Crippen LogP contribution is 2.40. The summed E-state index contributed by atoms with van der Waals surface area (Å²) in [5, 5.41) is 37.1. The zero-order valence-corrected chi connectivity index (χ0v) is 17.0. The van der Waals surface area contributed by atoms with Gasteiger partial charge in [-0.2, -0.15) is 0 Å². The topological polar surface area (TPSA) is 152 Å². The first-order chi connectivity index (χ1) is 14.3. The van der Waals surface area contributed by atoms with E-state index in [1.165, 1.54) is 45.9 Å². The highest BCUT2D eigenvalue weighted by atomic mass is 33.1. The molecule has 12 heteroatoms. The van der Waals surface area contributed by atoms with E-state index in [2.05, 4.69) is 0 Å². The number of hydrogen-bond donors (Lipinski definition) is 4. The molecular weight excluding hydrogens is 440 g/mol. The summed E-state index contributed by atoms with van der Waals surface area (Å²) in [5.74, 6) is -2.54. The molecule has 0 aliphatic carbocycles. The van der Waals surface area contributed by atoms with E-state index in [-0.39, 0.29) is 13.2 Å². The smallest absolute Gasteiger partial charge is 0.336 e. The Kier molecular flexibility index (Phi) is 8.13. The highest BCUT2D eigenvalue weighted by Gasteiger charge is 2.33. The number of aliphatic carboxylic acids is 2. The molecule has 0 unspecified atom stereocenters. The van der Waals surface area contributed by atoms with Crippen molar-refractivity contribution in [1.82, 2.24) is 0 Å². The van der Waals surface area contributed by atoms with E-state index in [1.54, 1.807) is 0 Å². The molecule has 0 spiro atoms. The van der Waals surface area contributed by atoms with Crippen LogP contribution in [0.4, 0.5) is 0 Å². The Hall–Kier alpha value is -1.64. The second-order valence-corrected chi connectivity index (χ2v) is 8.71. The van der Waals surface area contributed by atoms with Gasteiger partial charge in [-0.3, -0.25) is 0 Å². The number of carboxylic acids is 2. The minimum absolute atomic E-state index is 0.187. The second-order valence-electron chi connectivity index (χ2n) is 6.33. The van der Waals surface area contributed by atoms with Crippen molar-refractivity contribution in [2.75, 3.05) is 13.2 Å². The summed E-state index contributed by atoms with van der Waals surface area (Å²) >= 11 is 0. The van der Waals surface area contributed by atoms with Crippen LogP contribution in [0.15, 0.2) is 46.3 Å². The van der Waals surface area contributed by atoms with E-state index in [4.69, 9.17) is 29.2 Å². The monoisotopic (exact) mass is 460 g/mol. The maximum Gasteiger partial charge on any atom is 0.336 e. The van der Waals surface area contributed by atoms with Crippen LogP contribution < -0.4 is 0 Å². The molecule has 0 amide bonds. The lowest BCUT2D eigenvalue weighted by Crippen LogP contribution is -2.42.